The molecule has 0 aliphatic heterocycles. The molecular formula is C16H24O4. The molecule has 0 saturated heterocycles. The van der Waals surface area contributed by atoms with Crippen LogP contribution in [0.4, 0.5) is 0 Å². The molecule has 1 aromatic carbocycles. The Balaban J connectivity index is 3.13. The first-order valence-electron chi connectivity index (χ1n) is 7.03. The molecule has 0 aliphatic carbocycles. The number of carbonyl (C=O) groups excluding carboxylic acids is 1. The highest BCUT2D eigenvalue weighted by Gasteiger charge is 2.20. The first-order chi connectivity index (χ1) is 9.57. The number of rotatable bonds is 7. The molecule has 0 saturated carbocycles. The van der Waals surface area contributed by atoms with E-state index >= 15 is 0 Å². The average molecular weight is 280 g/mol. The number of benzene rings is 1. The predicted molar refractivity (Wildman–Crippen MR) is 78.6 cm³/mol. The van der Waals surface area contributed by atoms with Crippen molar-refractivity contribution in [2.45, 2.75) is 40.0 Å². The minimum absolute atomic E-state index is 0.153. The molecular weight excluding hydrogens is 256 g/mol. The number of carbonyl (C=O) groups is 1. The normalized spacial score (nSPS) is 11.8. The van der Waals surface area contributed by atoms with Crippen molar-refractivity contribution in [1.29, 1.82) is 0 Å². The van der Waals surface area contributed by atoms with Crippen LogP contribution in [0.25, 0.3) is 0 Å². The highest BCUT2D eigenvalue weighted by molar-refractivity contribution is 5.76. The topological polar surface area (TPSA) is 44.8 Å². The van der Waals surface area contributed by atoms with Gasteiger partial charge in [0.25, 0.3) is 0 Å². The maximum absolute atomic E-state index is 12.0. The van der Waals surface area contributed by atoms with Crippen molar-refractivity contribution in [2.24, 2.45) is 5.92 Å². The first-order valence-corrected chi connectivity index (χ1v) is 7.03. The monoisotopic (exact) mass is 280 g/mol. The summed E-state index contributed by atoms with van der Waals surface area (Å²) >= 11 is 0. The van der Waals surface area contributed by atoms with Crippen molar-refractivity contribution in [3.8, 4) is 17.2 Å². The molecule has 20 heavy (non-hydrogen) atoms. The molecule has 0 aliphatic rings. The highest BCUT2D eigenvalue weighted by Crippen LogP contribution is 2.39. The van der Waals surface area contributed by atoms with Crippen molar-refractivity contribution in [3.05, 3.63) is 17.7 Å². The fourth-order valence-corrected chi connectivity index (χ4v) is 1.84. The second kappa shape index (κ2) is 7.78. The Kier molecular flexibility index (Phi) is 6.36. The molecule has 0 spiro atoms. The zero-order valence-corrected chi connectivity index (χ0v) is 13.0. The van der Waals surface area contributed by atoms with E-state index in [2.05, 4.69) is 6.92 Å². The smallest absolute Gasteiger partial charge is 0.314 e. The zero-order chi connectivity index (χ0) is 15.1. The van der Waals surface area contributed by atoms with Crippen LogP contribution in [0.2, 0.25) is 0 Å². The second-order valence-corrected chi connectivity index (χ2v) is 4.81. The number of methoxy groups -OCH3 is 2. The van der Waals surface area contributed by atoms with E-state index in [1.807, 2.05) is 26.0 Å². The quantitative estimate of drug-likeness (QED) is 0.565. The van der Waals surface area contributed by atoms with E-state index in [0.29, 0.717) is 17.2 Å². The lowest BCUT2D eigenvalue weighted by atomic mass is 10.1. The molecule has 0 aromatic heterocycles. The molecule has 0 heterocycles. The van der Waals surface area contributed by atoms with Crippen LogP contribution in [-0.4, -0.2) is 20.2 Å². The number of ether oxygens (including phenoxy) is 3. The van der Waals surface area contributed by atoms with E-state index in [9.17, 15) is 4.79 Å². The largest absolute Gasteiger partial charge is 0.493 e. The van der Waals surface area contributed by atoms with Crippen LogP contribution < -0.4 is 14.2 Å². The summed E-state index contributed by atoms with van der Waals surface area (Å²) < 4.78 is 16.1. The van der Waals surface area contributed by atoms with E-state index in [4.69, 9.17) is 14.2 Å². The summed E-state index contributed by atoms with van der Waals surface area (Å²) in [5.41, 5.74) is 1.10. The molecule has 1 atom stereocenters. The first kappa shape index (κ1) is 16.3. The molecule has 112 valence electrons. The van der Waals surface area contributed by atoms with Gasteiger partial charge in [0.1, 0.15) is 0 Å². The van der Waals surface area contributed by atoms with Gasteiger partial charge in [0.05, 0.1) is 20.1 Å². The van der Waals surface area contributed by atoms with Gasteiger partial charge < -0.3 is 14.2 Å². The van der Waals surface area contributed by atoms with E-state index in [1.165, 1.54) is 0 Å². The molecule has 1 unspecified atom stereocenters. The van der Waals surface area contributed by atoms with Gasteiger partial charge in [-0.25, -0.2) is 0 Å². The third-order valence-electron chi connectivity index (χ3n) is 3.28. The Bertz CT molecular complexity index is 429. The Labute approximate surface area is 121 Å². The van der Waals surface area contributed by atoms with Crippen LogP contribution in [0.3, 0.4) is 0 Å². The number of esters is 1. The van der Waals surface area contributed by atoms with Gasteiger partial charge in [0.15, 0.2) is 11.5 Å². The van der Waals surface area contributed by atoms with Crippen LogP contribution >= 0.6 is 0 Å². The molecule has 4 heteroatoms. The van der Waals surface area contributed by atoms with Crippen molar-refractivity contribution < 1.29 is 19.0 Å². The third-order valence-corrected chi connectivity index (χ3v) is 3.28. The van der Waals surface area contributed by atoms with Gasteiger partial charge in [-0.1, -0.05) is 27.2 Å². The minimum atomic E-state index is -0.271. The lowest BCUT2D eigenvalue weighted by molar-refractivity contribution is -0.138. The standard InChI is InChI=1S/C16H24O4/c1-6-8-12-9-13(18-4)15(14(10-12)19-5)20-16(17)11(3)7-2/h9-11H,6-8H2,1-5H3. The Morgan fingerprint density at radius 3 is 2.10 bits per heavy atom. The van der Waals surface area contributed by atoms with E-state index in [1.54, 1.807) is 14.2 Å². The second-order valence-electron chi connectivity index (χ2n) is 4.81. The summed E-state index contributed by atoms with van der Waals surface area (Å²) in [5, 5.41) is 0. The third kappa shape index (κ3) is 3.89. The maximum Gasteiger partial charge on any atom is 0.314 e. The van der Waals surface area contributed by atoms with Gasteiger partial charge >= 0.3 is 5.97 Å². The van der Waals surface area contributed by atoms with Crippen molar-refractivity contribution in [1.82, 2.24) is 0 Å². The summed E-state index contributed by atoms with van der Waals surface area (Å²) in [4.78, 5) is 12.0. The van der Waals surface area contributed by atoms with E-state index in [-0.39, 0.29) is 11.9 Å². The van der Waals surface area contributed by atoms with Gasteiger partial charge in [-0.15, -0.1) is 0 Å². The molecule has 0 amide bonds. The summed E-state index contributed by atoms with van der Waals surface area (Å²) in [6, 6.07) is 3.79. The summed E-state index contributed by atoms with van der Waals surface area (Å²) in [7, 11) is 3.12. The van der Waals surface area contributed by atoms with Crippen LogP contribution in [-0.2, 0) is 11.2 Å². The minimum Gasteiger partial charge on any atom is -0.493 e. The highest BCUT2D eigenvalue weighted by atomic mass is 16.6. The number of hydrogen-bond acceptors (Lipinski definition) is 4. The zero-order valence-electron chi connectivity index (χ0n) is 13.0. The molecule has 4 nitrogen and oxygen atoms in total. The summed E-state index contributed by atoms with van der Waals surface area (Å²) in [5.74, 6) is 1.00. The summed E-state index contributed by atoms with van der Waals surface area (Å²) in [6.45, 7) is 5.90. The lowest BCUT2D eigenvalue weighted by Gasteiger charge is -2.16. The van der Waals surface area contributed by atoms with Gasteiger partial charge in [-0.2, -0.15) is 0 Å². The molecule has 0 radical (unpaired) electrons. The van der Waals surface area contributed by atoms with Gasteiger partial charge in [-0.05, 0) is 30.5 Å². The SMILES string of the molecule is CCCc1cc(OC)c(OC(=O)C(C)CC)c(OC)c1. The molecule has 0 N–H and O–H groups in total. The fourth-order valence-electron chi connectivity index (χ4n) is 1.84. The van der Waals surface area contributed by atoms with Crippen LogP contribution in [0.5, 0.6) is 17.2 Å². The molecule has 0 fully saturated rings. The molecule has 1 aromatic rings. The Hall–Kier alpha value is -1.71. The Morgan fingerprint density at radius 1 is 1.15 bits per heavy atom. The van der Waals surface area contributed by atoms with Crippen molar-refractivity contribution in [3.63, 3.8) is 0 Å². The summed E-state index contributed by atoms with van der Waals surface area (Å²) in [6.07, 6.45) is 2.68. The van der Waals surface area contributed by atoms with Crippen LogP contribution in [0, 0.1) is 5.92 Å². The molecule has 0 bridgehead atoms. The van der Waals surface area contributed by atoms with Gasteiger partial charge in [0.2, 0.25) is 5.75 Å². The van der Waals surface area contributed by atoms with Crippen molar-refractivity contribution >= 4 is 5.97 Å². The average Bonchev–Trinajstić information content (AvgIpc) is 2.47. The molecule has 1 rings (SSSR count). The lowest BCUT2D eigenvalue weighted by Crippen LogP contribution is -2.17. The fraction of sp³-hybridized carbons (Fsp3) is 0.562. The van der Waals surface area contributed by atoms with Gasteiger partial charge in [-0.3, -0.25) is 4.79 Å². The number of hydrogen-bond donors (Lipinski definition) is 0. The van der Waals surface area contributed by atoms with E-state index < -0.39 is 0 Å². The number of aryl methyl sites for hydroxylation is 1. The van der Waals surface area contributed by atoms with E-state index in [0.717, 1.165) is 24.8 Å². The predicted octanol–water partition coefficient (Wildman–Crippen LogP) is 3.61. The van der Waals surface area contributed by atoms with Crippen molar-refractivity contribution in [2.75, 3.05) is 14.2 Å². The van der Waals surface area contributed by atoms with Crippen LogP contribution in [0.15, 0.2) is 12.1 Å². The maximum atomic E-state index is 12.0. The Morgan fingerprint density at radius 2 is 1.70 bits per heavy atom. The van der Waals surface area contributed by atoms with Crippen LogP contribution in [0.1, 0.15) is 39.2 Å². The van der Waals surface area contributed by atoms with Gasteiger partial charge in [0, 0.05) is 0 Å².